The molecule has 3 N–H and O–H groups in total. The summed E-state index contributed by atoms with van der Waals surface area (Å²) in [5, 5.41) is 3.19. The van der Waals surface area contributed by atoms with Crippen LogP contribution in [-0.4, -0.2) is 12.5 Å². The molecule has 0 radical (unpaired) electrons. The first-order chi connectivity index (χ1) is 10.1. The van der Waals surface area contributed by atoms with Gasteiger partial charge in [-0.15, -0.1) is 0 Å². The molecule has 2 rings (SSSR count). The number of hydrogen-bond donors (Lipinski definition) is 2. The van der Waals surface area contributed by atoms with Gasteiger partial charge in [0.15, 0.2) is 6.61 Å². The molecule has 0 spiro atoms. The fourth-order valence-corrected chi connectivity index (χ4v) is 2.06. The number of nitrogens with two attached hydrogens (primary N) is 1. The topological polar surface area (TPSA) is 64.3 Å². The number of hydrogen-bond acceptors (Lipinski definition) is 3. The Labute approximate surface area is 128 Å². The Morgan fingerprint density at radius 1 is 1.24 bits per heavy atom. The van der Waals surface area contributed by atoms with Crippen LogP contribution in [0.4, 0.5) is 5.69 Å². The van der Waals surface area contributed by atoms with Gasteiger partial charge < -0.3 is 15.8 Å². The molecular formula is C16H17ClN2O2. The minimum Gasteiger partial charge on any atom is -0.483 e. The predicted molar refractivity (Wildman–Crippen MR) is 84.6 cm³/mol. The molecule has 0 saturated heterocycles. The van der Waals surface area contributed by atoms with E-state index in [4.69, 9.17) is 22.1 Å². The van der Waals surface area contributed by atoms with Crippen molar-refractivity contribution in [3.63, 3.8) is 0 Å². The van der Waals surface area contributed by atoms with Crippen molar-refractivity contribution in [2.75, 3.05) is 11.9 Å². The van der Waals surface area contributed by atoms with E-state index in [1.807, 2.05) is 25.1 Å². The molecule has 2 aromatic rings. The lowest BCUT2D eigenvalue weighted by Crippen LogP contribution is -2.21. The molecule has 0 unspecified atom stereocenters. The zero-order valence-corrected chi connectivity index (χ0v) is 12.4. The first kappa shape index (κ1) is 15.4. The molecule has 0 bridgehead atoms. The molecule has 1 atom stereocenters. The van der Waals surface area contributed by atoms with Crippen molar-refractivity contribution < 1.29 is 9.53 Å². The minimum absolute atomic E-state index is 0.102. The lowest BCUT2D eigenvalue weighted by atomic mass is 10.1. The fraction of sp³-hybridized carbons (Fsp3) is 0.188. The van der Waals surface area contributed by atoms with Gasteiger partial charge in [-0.2, -0.15) is 0 Å². The first-order valence-electron chi connectivity index (χ1n) is 6.59. The van der Waals surface area contributed by atoms with Crippen molar-refractivity contribution in [2.45, 2.75) is 13.0 Å². The second-order valence-electron chi connectivity index (χ2n) is 4.64. The van der Waals surface area contributed by atoms with Crippen LogP contribution in [0.25, 0.3) is 0 Å². The molecule has 0 aliphatic carbocycles. The number of amides is 1. The van der Waals surface area contributed by atoms with Crippen molar-refractivity contribution in [2.24, 2.45) is 5.73 Å². The van der Waals surface area contributed by atoms with Crippen molar-refractivity contribution in [3.05, 3.63) is 59.1 Å². The summed E-state index contributed by atoms with van der Waals surface area (Å²) in [4.78, 5) is 11.9. The van der Waals surface area contributed by atoms with E-state index >= 15 is 0 Å². The van der Waals surface area contributed by atoms with E-state index in [9.17, 15) is 4.79 Å². The zero-order valence-electron chi connectivity index (χ0n) is 11.7. The summed E-state index contributed by atoms with van der Waals surface area (Å²) in [6.07, 6.45) is 0. The highest BCUT2D eigenvalue weighted by Crippen LogP contribution is 2.23. The smallest absolute Gasteiger partial charge is 0.262 e. The summed E-state index contributed by atoms with van der Waals surface area (Å²) in [5.41, 5.74) is 7.29. The maximum atomic E-state index is 11.9. The number of nitrogens with one attached hydrogen (secondary N) is 1. The van der Waals surface area contributed by atoms with E-state index in [1.165, 1.54) is 0 Å². The van der Waals surface area contributed by atoms with Gasteiger partial charge in [0.1, 0.15) is 5.75 Å². The Balaban J connectivity index is 1.97. The van der Waals surface area contributed by atoms with Crippen molar-refractivity contribution in [3.8, 4) is 5.75 Å². The van der Waals surface area contributed by atoms with Gasteiger partial charge in [-0.25, -0.2) is 0 Å². The molecule has 0 heterocycles. The molecule has 0 aromatic heterocycles. The quantitative estimate of drug-likeness (QED) is 0.890. The van der Waals surface area contributed by atoms with Gasteiger partial charge in [-0.3, -0.25) is 4.79 Å². The van der Waals surface area contributed by atoms with Gasteiger partial charge in [-0.05, 0) is 25.1 Å². The van der Waals surface area contributed by atoms with Gasteiger partial charge in [0.05, 0.1) is 10.7 Å². The summed E-state index contributed by atoms with van der Waals surface area (Å²) < 4.78 is 5.54. The van der Waals surface area contributed by atoms with Crippen LogP contribution in [0.3, 0.4) is 0 Å². The highest BCUT2D eigenvalue weighted by molar-refractivity contribution is 6.33. The van der Waals surface area contributed by atoms with Crippen LogP contribution >= 0.6 is 11.6 Å². The Morgan fingerprint density at radius 2 is 1.90 bits per heavy atom. The number of benzene rings is 2. The third-order valence-corrected chi connectivity index (χ3v) is 3.25. The Kier molecular flexibility index (Phi) is 5.20. The van der Waals surface area contributed by atoms with Crippen molar-refractivity contribution in [1.29, 1.82) is 0 Å². The molecule has 21 heavy (non-hydrogen) atoms. The van der Waals surface area contributed by atoms with Crippen LogP contribution in [-0.2, 0) is 4.79 Å². The van der Waals surface area contributed by atoms with Gasteiger partial charge in [0.25, 0.3) is 5.91 Å². The summed E-state index contributed by atoms with van der Waals surface area (Å²) in [6, 6.07) is 14.3. The van der Waals surface area contributed by atoms with Crippen LogP contribution in [0.2, 0.25) is 5.02 Å². The SMILES string of the molecule is C[C@@H](N)c1ccccc1OCC(=O)Nc1ccccc1Cl. The Hall–Kier alpha value is -2.04. The molecule has 0 aliphatic heterocycles. The zero-order chi connectivity index (χ0) is 15.2. The summed E-state index contributed by atoms with van der Waals surface area (Å²) >= 11 is 5.98. The average molecular weight is 305 g/mol. The first-order valence-corrected chi connectivity index (χ1v) is 6.97. The predicted octanol–water partition coefficient (Wildman–Crippen LogP) is 3.38. The standard InChI is InChI=1S/C16H17ClN2O2/c1-11(18)12-6-2-5-9-15(12)21-10-16(20)19-14-8-4-3-7-13(14)17/h2-9,11H,10,18H2,1H3,(H,19,20)/t11-/m1/s1. The highest BCUT2D eigenvalue weighted by Gasteiger charge is 2.10. The van der Waals surface area contributed by atoms with E-state index in [1.54, 1.807) is 30.3 Å². The number of carbonyl (C=O) groups excluding carboxylic acids is 1. The van der Waals surface area contributed by atoms with Crippen LogP contribution < -0.4 is 15.8 Å². The second-order valence-corrected chi connectivity index (χ2v) is 5.05. The van der Waals surface area contributed by atoms with Crippen LogP contribution in [0, 0.1) is 0 Å². The molecule has 110 valence electrons. The molecule has 5 heteroatoms. The van der Waals surface area contributed by atoms with Crippen LogP contribution in [0.5, 0.6) is 5.75 Å². The number of rotatable bonds is 5. The molecule has 4 nitrogen and oxygen atoms in total. The number of anilines is 1. The minimum atomic E-state index is -0.275. The van der Waals surface area contributed by atoms with E-state index in [0.717, 1.165) is 5.56 Å². The third kappa shape index (κ3) is 4.21. The van der Waals surface area contributed by atoms with Crippen molar-refractivity contribution >= 4 is 23.2 Å². The highest BCUT2D eigenvalue weighted by atomic mass is 35.5. The fourth-order valence-electron chi connectivity index (χ4n) is 1.88. The summed E-state index contributed by atoms with van der Waals surface area (Å²) in [5.74, 6) is 0.337. The van der Waals surface area contributed by atoms with Crippen LogP contribution in [0.15, 0.2) is 48.5 Å². The van der Waals surface area contributed by atoms with Gasteiger partial charge in [-0.1, -0.05) is 41.9 Å². The number of para-hydroxylation sites is 2. The maximum Gasteiger partial charge on any atom is 0.262 e. The summed E-state index contributed by atoms with van der Waals surface area (Å²) in [7, 11) is 0. The summed E-state index contributed by atoms with van der Waals surface area (Å²) in [6.45, 7) is 1.76. The van der Waals surface area contributed by atoms with Gasteiger partial charge in [0, 0.05) is 11.6 Å². The number of halogens is 1. The van der Waals surface area contributed by atoms with E-state index < -0.39 is 0 Å². The number of carbonyl (C=O) groups is 1. The molecular weight excluding hydrogens is 288 g/mol. The monoisotopic (exact) mass is 304 g/mol. The lowest BCUT2D eigenvalue weighted by molar-refractivity contribution is -0.118. The molecule has 0 saturated carbocycles. The van der Waals surface area contributed by atoms with Crippen molar-refractivity contribution in [1.82, 2.24) is 0 Å². The third-order valence-electron chi connectivity index (χ3n) is 2.92. The van der Waals surface area contributed by atoms with E-state index in [2.05, 4.69) is 5.32 Å². The Morgan fingerprint density at radius 3 is 2.62 bits per heavy atom. The average Bonchev–Trinajstić information content (AvgIpc) is 2.48. The largest absolute Gasteiger partial charge is 0.483 e. The number of ether oxygens (including phenoxy) is 1. The van der Waals surface area contributed by atoms with Gasteiger partial charge >= 0.3 is 0 Å². The lowest BCUT2D eigenvalue weighted by Gasteiger charge is -2.14. The molecule has 0 aliphatic rings. The van der Waals surface area contributed by atoms with Crippen LogP contribution in [0.1, 0.15) is 18.5 Å². The second kappa shape index (κ2) is 7.11. The van der Waals surface area contributed by atoms with Gasteiger partial charge in [0.2, 0.25) is 0 Å². The molecule has 0 fully saturated rings. The normalized spacial score (nSPS) is 11.8. The maximum absolute atomic E-state index is 11.9. The molecule has 2 aromatic carbocycles. The molecule has 1 amide bonds. The van der Waals surface area contributed by atoms with E-state index in [-0.39, 0.29) is 18.6 Å². The van der Waals surface area contributed by atoms with E-state index in [0.29, 0.717) is 16.5 Å². The Bertz CT molecular complexity index is 629.